The first kappa shape index (κ1) is 10.8. The van der Waals surface area contributed by atoms with Gasteiger partial charge < -0.3 is 10.6 Å². The van der Waals surface area contributed by atoms with E-state index in [0.29, 0.717) is 17.8 Å². The average molecular weight is 193 g/mol. The van der Waals surface area contributed by atoms with E-state index in [4.69, 9.17) is 5.73 Å². The molecule has 0 aliphatic heterocycles. The minimum absolute atomic E-state index is 0.497. The third-order valence-electron chi connectivity index (χ3n) is 2.75. The van der Waals surface area contributed by atoms with Crippen LogP contribution in [0.4, 0.5) is 11.5 Å². The van der Waals surface area contributed by atoms with Crippen LogP contribution in [0.3, 0.4) is 0 Å². The summed E-state index contributed by atoms with van der Waals surface area (Å²) in [4.78, 5) is 6.20. The van der Waals surface area contributed by atoms with E-state index < -0.39 is 0 Å². The third-order valence-corrected chi connectivity index (χ3v) is 2.75. The van der Waals surface area contributed by atoms with Gasteiger partial charge in [-0.15, -0.1) is 0 Å². The van der Waals surface area contributed by atoms with Gasteiger partial charge in [0.2, 0.25) is 0 Å². The van der Waals surface area contributed by atoms with Crippen LogP contribution in [0.5, 0.6) is 0 Å². The van der Waals surface area contributed by atoms with Crippen molar-refractivity contribution in [1.82, 2.24) is 4.98 Å². The summed E-state index contributed by atoms with van der Waals surface area (Å²) in [5.41, 5.74) is 6.76. The molecule has 2 N–H and O–H groups in total. The number of nitrogens with two attached hydrogens (primary N) is 1. The smallest absolute Gasteiger partial charge is 0.125 e. The van der Waals surface area contributed by atoms with Crippen molar-refractivity contribution in [3.8, 4) is 0 Å². The van der Waals surface area contributed by atoms with Gasteiger partial charge in [-0.05, 0) is 18.9 Å². The van der Waals surface area contributed by atoms with Crippen molar-refractivity contribution in [2.24, 2.45) is 5.92 Å². The highest BCUT2D eigenvalue weighted by molar-refractivity contribution is 5.52. The molecule has 78 valence electrons. The molecule has 14 heavy (non-hydrogen) atoms. The lowest BCUT2D eigenvalue weighted by Gasteiger charge is -2.29. The fraction of sp³-hybridized carbons (Fsp3) is 0.545. The monoisotopic (exact) mass is 193 g/mol. The van der Waals surface area contributed by atoms with Crippen LogP contribution >= 0.6 is 0 Å². The SMILES string of the molecule is CC(C)C(C)N(C)c1ccnc(N)c1. The number of pyridine rings is 1. The van der Waals surface area contributed by atoms with Crippen LogP contribution in [0.2, 0.25) is 0 Å². The number of hydrogen-bond donors (Lipinski definition) is 1. The lowest BCUT2D eigenvalue weighted by molar-refractivity contribution is 0.505. The van der Waals surface area contributed by atoms with Gasteiger partial charge in [0, 0.05) is 31.0 Å². The maximum absolute atomic E-state index is 5.63. The fourth-order valence-corrected chi connectivity index (χ4v) is 1.34. The maximum Gasteiger partial charge on any atom is 0.125 e. The second kappa shape index (κ2) is 4.31. The quantitative estimate of drug-likeness (QED) is 0.799. The zero-order valence-electron chi connectivity index (χ0n) is 9.36. The molecule has 0 aliphatic carbocycles. The van der Waals surface area contributed by atoms with E-state index in [1.165, 1.54) is 0 Å². The second-order valence-corrected chi connectivity index (χ2v) is 4.03. The lowest BCUT2D eigenvalue weighted by Crippen LogP contribution is -2.33. The van der Waals surface area contributed by atoms with Crippen LogP contribution in [0, 0.1) is 5.92 Å². The van der Waals surface area contributed by atoms with Crippen LogP contribution in [0.25, 0.3) is 0 Å². The number of rotatable bonds is 3. The van der Waals surface area contributed by atoms with E-state index in [9.17, 15) is 0 Å². The van der Waals surface area contributed by atoms with Gasteiger partial charge >= 0.3 is 0 Å². The van der Waals surface area contributed by atoms with E-state index in [1.54, 1.807) is 6.20 Å². The minimum atomic E-state index is 0.497. The van der Waals surface area contributed by atoms with E-state index in [-0.39, 0.29) is 0 Å². The molecule has 0 saturated heterocycles. The van der Waals surface area contributed by atoms with Crippen LogP contribution in [0.15, 0.2) is 18.3 Å². The molecule has 1 aromatic heterocycles. The Hall–Kier alpha value is -1.25. The molecule has 1 aromatic rings. The highest BCUT2D eigenvalue weighted by Crippen LogP contribution is 2.19. The van der Waals surface area contributed by atoms with Gasteiger partial charge in [-0.3, -0.25) is 0 Å². The maximum atomic E-state index is 5.63. The fourth-order valence-electron chi connectivity index (χ4n) is 1.34. The molecule has 3 nitrogen and oxygen atoms in total. The molecule has 1 unspecified atom stereocenters. The summed E-state index contributed by atoms with van der Waals surface area (Å²) < 4.78 is 0. The first-order valence-corrected chi connectivity index (χ1v) is 4.96. The van der Waals surface area contributed by atoms with Crippen molar-refractivity contribution in [3.05, 3.63) is 18.3 Å². The number of anilines is 2. The molecule has 1 atom stereocenters. The Morgan fingerprint density at radius 1 is 1.36 bits per heavy atom. The molecule has 3 heteroatoms. The summed E-state index contributed by atoms with van der Waals surface area (Å²) in [5.74, 6) is 1.19. The van der Waals surface area contributed by atoms with Crippen molar-refractivity contribution in [3.63, 3.8) is 0 Å². The normalized spacial score (nSPS) is 12.9. The Bertz CT molecular complexity index is 296. The molecular formula is C11H19N3. The molecule has 0 amide bonds. The molecule has 0 radical (unpaired) electrons. The summed E-state index contributed by atoms with van der Waals surface area (Å²) in [7, 11) is 2.08. The zero-order valence-corrected chi connectivity index (χ0v) is 9.36. The number of hydrogen-bond acceptors (Lipinski definition) is 3. The van der Waals surface area contributed by atoms with Gasteiger partial charge in [0.05, 0.1) is 0 Å². The molecular weight excluding hydrogens is 174 g/mol. The van der Waals surface area contributed by atoms with Crippen LogP contribution < -0.4 is 10.6 Å². The van der Waals surface area contributed by atoms with E-state index >= 15 is 0 Å². The predicted molar refractivity (Wildman–Crippen MR) is 61.4 cm³/mol. The van der Waals surface area contributed by atoms with Gasteiger partial charge in [0.25, 0.3) is 0 Å². The minimum Gasteiger partial charge on any atom is -0.384 e. The Kier molecular flexibility index (Phi) is 3.33. The summed E-state index contributed by atoms with van der Waals surface area (Å²) in [6, 6.07) is 4.38. The number of aromatic nitrogens is 1. The van der Waals surface area contributed by atoms with Gasteiger partial charge in [0.15, 0.2) is 0 Å². The summed E-state index contributed by atoms with van der Waals surface area (Å²) in [6.07, 6.45) is 1.74. The molecule has 0 saturated carbocycles. The Balaban J connectivity index is 2.83. The number of nitrogens with zero attached hydrogens (tertiary/aromatic N) is 2. The predicted octanol–water partition coefficient (Wildman–Crippen LogP) is 2.14. The molecule has 0 spiro atoms. The lowest BCUT2D eigenvalue weighted by atomic mass is 10.0. The summed E-state index contributed by atoms with van der Waals surface area (Å²) in [5, 5.41) is 0. The van der Waals surface area contributed by atoms with Crippen molar-refractivity contribution in [2.45, 2.75) is 26.8 Å². The molecule has 0 fully saturated rings. The van der Waals surface area contributed by atoms with Crippen molar-refractivity contribution >= 4 is 11.5 Å². The molecule has 0 aromatic carbocycles. The van der Waals surface area contributed by atoms with Crippen LogP contribution in [-0.4, -0.2) is 18.1 Å². The highest BCUT2D eigenvalue weighted by Gasteiger charge is 2.13. The molecule has 1 rings (SSSR count). The number of nitrogen functional groups attached to an aromatic ring is 1. The average Bonchev–Trinajstić information content (AvgIpc) is 2.15. The van der Waals surface area contributed by atoms with Gasteiger partial charge in [-0.2, -0.15) is 0 Å². The Labute approximate surface area is 85.9 Å². The largest absolute Gasteiger partial charge is 0.384 e. The van der Waals surface area contributed by atoms with Crippen molar-refractivity contribution in [1.29, 1.82) is 0 Å². The molecule has 0 aliphatic rings. The first-order chi connectivity index (χ1) is 6.52. The third kappa shape index (κ3) is 2.37. The summed E-state index contributed by atoms with van der Waals surface area (Å²) >= 11 is 0. The standard InChI is InChI=1S/C11H19N3/c1-8(2)9(3)14(4)10-5-6-13-11(12)7-10/h5-9H,1-4H3,(H2,12,13). The van der Waals surface area contributed by atoms with Crippen LogP contribution in [-0.2, 0) is 0 Å². The summed E-state index contributed by atoms with van der Waals surface area (Å²) in [6.45, 7) is 6.64. The van der Waals surface area contributed by atoms with Gasteiger partial charge in [-0.25, -0.2) is 4.98 Å². The Morgan fingerprint density at radius 2 is 2.00 bits per heavy atom. The molecule has 1 heterocycles. The van der Waals surface area contributed by atoms with E-state index in [0.717, 1.165) is 5.69 Å². The second-order valence-electron chi connectivity index (χ2n) is 4.03. The topological polar surface area (TPSA) is 42.2 Å². The highest BCUT2D eigenvalue weighted by atomic mass is 15.1. The molecule has 0 bridgehead atoms. The van der Waals surface area contributed by atoms with E-state index in [2.05, 4.69) is 37.7 Å². The van der Waals surface area contributed by atoms with Crippen molar-refractivity contribution < 1.29 is 0 Å². The van der Waals surface area contributed by atoms with Gasteiger partial charge in [-0.1, -0.05) is 13.8 Å². The van der Waals surface area contributed by atoms with E-state index in [1.807, 2.05) is 12.1 Å². The van der Waals surface area contributed by atoms with Crippen molar-refractivity contribution in [2.75, 3.05) is 17.7 Å². The Morgan fingerprint density at radius 3 is 2.50 bits per heavy atom. The zero-order chi connectivity index (χ0) is 10.7. The first-order valence-electron chi connectivity index (χ1n) is 4.96. The van der Waals surface area contributed by atoms with Crippen LogP contribution in [0.1, 0.15) is 20.8 Å². The van der Waals surface area contributed by atoms with Gasteiger partial charge in [0.1, 0.15) is 5.82 Å².